The molecule has 0 spiro atoms. The van der Waals surface area contributed by atoms with Crippen LogP contribution >= 0.6 is 11.3 Å². The van der Waals surface area contributed by atoms with E-state index in [0.717, 1.165) is 11.4 Å². The normalized spacial score (nSPS) is 11.5. The summed E-state index contributed by atoms with van der Waals surface area (Å²) in [5.41, 5.74) is 7.16. The molecule has 0 bridgehead atoms. The molecule has 0 aliphatic carbocycles. The number of fused-ring (bicyclic) bond motifs is 5. The topological polar surface area (TPSA) is 12.0 Å². The number of thiophene rings is 1. The second kappa shape index (κ2) is 9.37. The van der Waals surface area contributed by atoms with Gasteiger partial charge < -0.3 is 5.32 Å². The molecule has 1 heterocycles. The van der Waals surface area contributed by atoms with Crippen LogP contribution in [0.25, 0.3) is 64.0 Å². The van der Waals surface area contributed by atoms with E-state index in [0.29, 0.717) is 0 Å². The molecule has 0 aliphatic rings. The molecular formula is C38H25NS. The van der Waals surface area contributed by atoms with Gasteiger partial charge >= 0.3 is 0 Å². The zero-order chi connectivity index (χ0) is 26.5. The Morgan fingerprint density at radius 3 is 1.75 bits per heavy atom. The molecule has 8 aromatic rings. The molecule has 8 rings (SSSR count). The van der Waals surface area contributed by atoms with Gasteiger partial charge in [0, 0.05) is 21.2 Å². The van der Waals surface area contributed by atoms with Crippen LogP contribution < -0.4 is 5.32 Å². The highest BCUT2D eigenvalue weighted by Crippen LogP contribution is 2.39. The van der Waals surface area contributed by atoms with Gasteiger partial charge in [0.2, 0.25) is 0 Å². The van der Waals surface area contributed by atoms with Crippen LogP contribution in [0.15, 0.2) is 146 Å². The lowest BCUT2D eigenvalue weighted by molar-refractivity contribution is 1.57. The molecule has 7 aromatic carbocycles. The van der Waals surface area contributed by atoms with Gasteiger partial charge in [0.1, 0.15) is 0 Å². The molecule has 0 fully saturated rings. The molecule has 0 saturated heterocycles. The smallest absolute Gasteiger partial charge is 0.0590 e. The van der Waals surface area contributed by atoms with E-state index in [4.69, 9.17) is 0 Å². The van der Waals surface area contributed by atoms with Crippen molar-refractivity contribution in [2.24, 2.45) is 0 Å². The Bertz CT molecular complexity index is 2190. The summed E-state index contributed by atoms with van der Waals surface area (Å²) >= 11 is 1.85. The van der Waals surface area contributed by atoms with Gasteiger partial charge in [-0.05, 0) is 86.3 Å². The molecule has 0 unspecified atom stereocenters. The van der Waals surface area contributed by atoms with Gasteiger partial charge in [-0.3, -0.25) is 0 Å². The fraction of sp³-hybridized carbons (Fsp3) is 0. The Balaban J connectivity index is 1.10. The van der Waals surface area contributed by atoms with E-state index in [1.165, 1.54) is 64.0 Å². The highest BCUT2D eigenvalue weighted by molar-refractivity contribution is 7.26. The molecule has 0 atom stereocenters. The second-order valence-electron chi connectivity index (χ2n) is 10.3. The highest BCUT2D eigenvalue weighted by atomic mass is 32.1. The lowest BCUT2D eigenvalue weighted by Crippen LogP contribution is -1.90. The van der Waals surface area contributed by atoms with Crippen LogP contribution in [0.3, 0.4) is 0 Å². The van der Waals surface area contributed by atoms with Crippen molar-refractivity contribution in [3.8, 4) is 22.3 Å². The van der Waals surface area contributed by atoms with E-state index in [1.807, 2.05) is 11.3 Å². The summed E-state index contributed by atoms with van der Waals surface area (Å²) in [5, 5.41) is 11.3. The first-order valence-electron chi connectivity index (χ1n) is 13.6. The highest BCUT2D eigenvalue weighted by Gasteiger charge is 2.09. The summed E-state index contributed by atoms with van der Waals surface area (Å²) in [4.78, 5) is 0. The minimum atomic E-state index is 1.09. The van der Waals surface area contributed by atoms with Crippen molar-refractivity contribution in [1.29, 1.82) is 0 Å². The average Bonchev–Trinajstić information content (AvgIpc) is 3.40. The van der Waals surface area contributed by atoms with Crippen LogP contribution in [0.1, 0.15) is 0 Å². The SMILES string of the molecule is c1ccc2cc(-c3ccc4ccc(-c5ccc(Nc6cccc7c6sc6ccccc67)cc5)cc4c3)ccc2c1. The number of hydrogen-bond donors (Lipinski definition) is 1. The Labute approximate surface area is 237 Å². The monoisotopic (exact) mass is 527 g/mol. The van der Waals surface area contributed by atoms with E-state index >= 15 is 0 Å². The van der Waals surface area contributed by atoms with Crippen molar-refractivity contribution in [1.82, 2.24) is 0 Å². The Hall–Kier alpha value is -4.92. The third kappa shape index (κ3) is 4.02. The van der Waals surface area contributed by atoms with Gasteiger partial charge in [-0.15, -0.1) is 11.3 Å². The minimum absolute atomic E-state index is 1.09. The van der Waals surface area contributed by atoms with Gasteiger partial charge in [-0.25, -0.2) is 0 Å². The predicted molar refractivity (Wildman–Crippen MR) is 175 cm³/mol. The molecule has 0 saturated carbocycles. The van der Waals surface area contributed by atoms with Crippen molar-refractivity contribution in [3.63, 3.8) is 0 Å². The van der Waals surface area contributed by atoms with Gasteiger partial charge in [0.15, 0.2) is 0 Å². The second-order valence-corrected chi connectivity index (χ2v) is 11.4. The van der Waals surface area contributed by atoms with Gasteiger partial charge in [0.05, 0.1) is 10.4 Å². The van der Waals surface area contributed by atoms with E-state index < -0.39 is 0 Å². The lowest BCUT2D eigenvalue weighted by Gasteiger charge is -2.10. The number of nitrogens with one attached hydrogen (secondary N) is 1. The lowest BCUT2D eigenvalue weighted by atomic mass is 9.96. The Kier molecular flexibility index (Phi) is 5.39. The standard InChI is InChI=1S/C38H25NS/c1-2-7-28-22-30(16-12-25(28)6-1)31-17-14-27-13-15-29(23-32(27)24-31)26-18-20-33(21-19-26)39-36-10-5-9-35-34-8-3-4-11-37(34)40-38(35)36/h1-24,39H. The molecule has 1 N–H and O–H groups in total. The van der Waals surface area contributed by atoms with Crippen LogP contribution in [0.2, 0.25) is 0 Å². The predicted octanol–water partition coefficient (Wildman–Crippen LogP) is 11.4. The maximum Gasteiger partial charge on any atom is 0.0590 e. The van der Waals surface area contributed by atoms with E-state index in [9.17, 15) is 0 Å². The molecule has 1 aromatic heterocycles. The number of benzene rings is 7. The third-order valence-corrected chi connectivity index (χ3v) is 9.04. The molecule has 0 amide bonds. The summed E-state index contributed by atoms with van der Waals surface area (Å²) in [6.07, 6.45) is 0. The third-order valence-electron chi connectivity index (χ3n) is 7.82. The summed E-state index contributed by atoms with van der Waals surface area (Å²) in [5.74, 6) is 0. The quantitative estimate of drug-likeness (QED) is 0.240. The fourth-order valence-electron chi connectivity index (χ4n) is 5.72. The van der Waals surface area contributed by atoms with E-state index in [1.54, 1.807) is 0 Å². The zero-order valence-electron chi connectivity index (χ0n) is 21.8. The largest absolute Gasteiger partial charge is 0.354 e. The van der Waals surface area contributed by atoms with Crippen molar-refractivity contribution >= 4 is 64.4 Å². The minimum Gasteiger partial charge on any atom is -0.354 e. The molecule has 188 valence electrons. The van der Waals surface area contributed by atoms with Crippen LogP contribution in [0.4, 0.5) is 11.4 Å². The number of rotatable bonds is 4. The van der Waals surface area contributed by atoms with Crippen LogP contribution in [0.5, 0.6) is 0 Å². The Morgan fingerprint density at radius 2 is 0.975 bits per heavy atom. The maximum atomic E-state index is 3.66. The zero-order valence-corrected chi connectivity index (χ0v) is 22.6. The van der Waals surface area contributed by atoms with E-state index in [2.05, 4.69) is 151 Å². The Morgan fingerprint density at radius 1 is 0.400 bits per heavy atom. The average molecular weight is 528 g/mol. The fourth-order valence-corrected chi connectivity index (χ4v) is 6.89. The van der Waals surface area contributed by atoms with Gasteiger partial charge in [0.25, 0.3) is 0 Å². The summed E-state index contributed by atoms with van der Waals surface area (Å²) in [6.45, 7) is 0. The summed E-state index contributed by atoms with van der Waals surface area (Å²) < 4.78 is 2.62. The maximum absolute atomic E-state index is 3.66. The number of anilines is 2. The first-order chi connectivity index (χ1) is 19.8. The van der Waals surface area contributed by atoms with Crippen LogP contribution in [-0.2, 0) is 0 Å². The van der Waals surface area contributed by atoms with Crippen molar-refractivity contribution in [2.45, 2.75) is 0 Å². The van der Waals surface area contributed by atoms with E-state index in [-0.39, 0.29) is 0 Å². The molecule has 40 heavy (non-hydrogen) atoms. The van der Waals surface area contributed by atoms with Crippen molar-refractivity contribution < 1.29 is 0 Å². The molecule has 0 radical (unpaired) electrons. The van der Waals surface area contributed by atoms with Crippen LogP contribution in [-0.4, -0.2) is 0 Å². The van der Waals surface area contributed by atoms with Gasteiger partial charge in [-0.2, -0.15) is 0 Å². The van der Waals surface area contributed by atoms with Crippen LogP contribution in [0, 0.1) is 0 Å². The van der Waals surface area contributed by atoms with Gasteiger partial charge in [-0.1, -0.05) is 103 Å². The van der Waals surface area contributed by atoms with Crippen molar-refractivity contribution in [3.05, 3.63) is 146 Å². The summed E-state index contributed by atoms with van der Waals surface area (Å²) in [7, 11) is 0. The molecule has 0 aliphatic heterocycles. The molecule has 2 heteroatoms. The van der Waals surface area contributed by atoms with Crippen molar-refractivity contribution in [2.75, 3.05) is 5.32 Å². The molecular weight excluding hydrogens is 502 g/mol. The number of hydrogen-bond acceptors (Lipinski definition) is 2. The summed E-state index contributed by atoms with van der Waals surface area (Å²) in [6, 6.07) is 52.7. The first-order valence-corrected chi connectivity index (χ1v) is 14.4. The molecule has 1 nitrogen and oxygen atoms in total. The first kappa shape index (κ1) is 23.0.